The number of methoxy groups -OCH3 is 1. The molecule has 1 fully saturated rings. The molecule has 1 saturated carbocycles. The predicted octanol–water partition coefficient (Wildman–Crippen LogP) is 2.75. The maximum atomic E-state index is 12.0. The van der Waals surface area contributed by atoms with E-state index in [0.717, 1.165) is 30.0 Å². The fourth-order valence-corrected chi connectivity index (χ4v) is 2.77. The van der Waals surface area contributed by atoms with Gasteiger partial charge in [-0.3, -0.25) is 4.79 Å². The smallest absolute Gasteiger partial charge is 0.275 e. The van der Waals surface area contributed by atoms with Crippen molar-refractivity contribution in [3.05, 3.63) is 35.5 Å². The van der Waals surface area contributed by atoms with E-state index in [1.807, 2.05) is 24.3 Å². The van der Waals surface area contributed by atoms with Gasteiger partial charge in [-0.25, -0.2) is 4.99 Å². The number of carbonyl (C=O) groups excluding carboxylic acids is 1. The minimum Gasteiger partial charge on any atom is -0.497 e. The van der Waals surface area contributed by atoms with Gasteiger partial charge in [-0.05, 0) is 36.6 Å². The Morgan fingerprint density at radius 1 is 1.35 bits per heavy atom. The van der Waals surface area contributed by atoms with Gasteiger partial charge in [0.25, 0.3) is 5.91 Å². The van der Waals surface area contributed by atoms with Gasteiger partial charge in [0.15, 0.2) is 0 Å². The highest BCUT2D eigenvalue weighted by Gasteiger charge is 2.28. The average molecular weight is 270 g/mol. The zero-order chi connectivity index (χ0) is 13.9. The van der Waals surface area contributed by atoms with Crippen molar-refractivity contribution in [3.8, 4) is 5.75 Å². The van der Waals surface area contributed by atoms with Gasteiger partial charge in [0.2, 0.25) is 0 Å². The van der Waals surface area contributed by atoms with E-state index >= 15 is 0 Å². The van der Waals surface area contributed by atoms with E-state index in [9.17, 15) is 4.79 Å². The number of amidine groups is 1. The first kappa shape index (κ1) is 12.9. The Bertz CT molecular complexity index is 584. The summed E-state index contributed by atoms with van der Waals surface area (Å²) in [7, 11) is 1.63. The summed E-state index contributed by atoms with van der Waals surface area (Å²) >= 11 is 0. The van der Waals surface area contributed by atoms with Crippen molar-refractivity contribution in [1.82, 2.24) is 5.32 Å². The highest BCUT2D eigenvalue weighted by molar-refractivity contribution is 6.15. The molecule has 4 nitrogen and oxygen atoms in total. The highest BCUT2D eigenvalue weighted by atomic mass is 16.5. The molecule has 1 aliphatic carbocycles. The minimum atomic E-state index is -0.102. The van der Waals surface area contributed by atoms with Gasteiger partial charge in [0.05, 0.1) is 7.11 Å². The molecule has 1 aromatic rings. The SMILES string of the molecule is COc1cccc(/C=C2/N=C(C3CCCC3)NC2=O)c1. The summed E-state index contributed by atoms with van der Waals surface area (Å²) in [6, 6.07) is 7.61. The topological polar surface area (TPSA) is 50.7 Å². The quantitative estimate of drug-likeness (QED) is 0.859. The fourth-order valence-electron chi connectivity index (χ4n) is 2.77. The number of hydrogen-bond acceptors (Lipinski definition) is 3. The lowest BCUT2D eigenvalue weighted by molar-refractivity contribution is -0.115. The predicted molar refractivity (Wildman–Crippen MR) is 78.5 cm³/mol. The van der Waals surface area contributed by atoms with E-state index in [1.165, 1.54) is 12.8 Å². The van der Waals surface area contributed by atoms with Crippen molar-refractivity contribution in [2.75, 3.05) is 7.11 Å². The number of carbonyl (C=O) groups is 1. The first-order valence-electron chi connectivity index (χ1n) is 7.02. The molecule has 0 bridgehead atoms. The number of nitrogens with zero attached hydrogens (tertiary/aromatic N) is 1. The minimum absolute atomic E-state index is 0.102. The van der Waals surface area contributed by atoms with E-state index in [1.54, 1.807) is 13.2 Å². The summed E-state index contributed by atoms with van der Waals surface area (Å²) in [5, 5.41) is 2.91. The number of hydrogen-bond donors (Lipinski definition) is 1. The van der Waals surface area contributed by atoms with E-state index in [2.05, 4.69) is 10.3 Å². The molecule has 0 atom stereocenters. The third-order valence-electron chi connectivity index (χ3n) is 3.85. The van der Waals surface area contributed by atoms with E-state index in [4.69, 9.17) is 4.74 Å². The Hall–Kier alpha value is -2.10. The number of aliphatic imine (C=N–C) groups is 1. The largest absolute Gasteiger partial charge is 0.497 e. The Balaban J connectivity index is 1.84. The van der Waals surface area contributed by atoms with E-state index < -0.39 is 0 Å². The summed E-state index contributed by atoms with van der Waals surface area (Å²) in [5.41, 5.74) is 1.41. The van der Waals surface area contributed by atoms with Crippen molar-refractivity contribution in [1.29, 1.82) is 0 Å². The Labute approximate surface area is 118 Å². The Morgan fingerprint density at radius 3 is 2.90 bits per heavy atom. The van der Waals surface area contributed by atoms with Crippen molar-refractivity contribution in [2.24, 2.45) is 10.9 Å². The fraction of sp³-hybridized carbons (Fsp3) is 0.375. The summed E-state index contributed by atoms with van der Waals surface area (Å²) < 4.78 is 5.18. The van der Waals surface area contributed by atoms with Crippen molar-refractivity contribution in [2.45, 2.75) is 25.7 Å². The van der Waals surface area contributed by atoms with Gasteiger partial charge in [-0.2, -0.15) is 0 Å². The number of ether oxygens (including phenoxy) is 1. The van der Waals surface area contributed by atoms with Crippen LogP contribution in [-0.4, -0.2) is 18.9 Å². The van der Waals surface area contributed by atoms with Crippen molar-refractivity contribution in [3.63, 3.8) is 0 Å². The van der Waals surface area contributed by atoms with Crippen LogP contribution < -0.4 is 10.1 Å². The van der Waals surface area contributed by atoms with Gasteiger partial charge in [-0.15, -0.1) is 0 Å². The molecule has 20 heavy (non-hydrogen) atoms. The van der Waals surface area contributed by atoms with Gasteiger partial charge in [0, 0.05) is 5.92 Å². The molecule has 4 heteroatoms. The number of amides is 1. The molecule has 104 valence electrons. The molecule has 1 heterocycles. The molecule has 0 saturated heterocycles. The monoisotopic (exact) mass is 270 g/mol. The van der Waals surface area contributed by atoms with Crippen LogP contribution in [-0.2, 0) is 4.79 Å². The third kappa shape index (κ3) is 2.59. The molecule has 0 unspecified atom stereocenters. The Morgan fingerprint density at radius 2 is 2.15 bits per heavy atom. The average Bonchev–Trinajstić information content (AvgIpc) is 3.10. The molecule has 0 spiro atoms. The van der Waals surface area contributed by atoms with Crippen LogP contribution in [0.25, 0.3) is 6.08 Å². The summed E-state index contributed by atoms with van der Waals surface area (Å²) in [5.74, 6) is 1.95. The lowest BCUT2D eigenvalue weighted by Crippen LogP contribution is -2.29. The summed E-state index contributed by atoms with van der Waals surface area (Å²) in [6.07, 6.45) is 6.53. The van der Waals surface area contributed by atoms with Crippen LogP contribution in [0.4, 0.5) is 0 Å². The van der Waals surface area contributed by atoms with E-state index in [-0.39, 0.29) is 5.91 Å². The normalized spacial score (nSPS) is 21.1. The highest BCUT2D eigenvalue weighted by Crippen LogP contribution is 2.28. The van der Waals surface area contributed by atoms with Crippen LogP contribution in [0.2, 0.25) is 0 Å². The van der Waals surface area contributed by atoms with E-state index in [0.29, 0.717) is 11.6 Å². The first-order chi connectivity index (χ1) is 9.76. The molecular weight excluding hydrogens is 252 g/mol. The number of rotatable bonds is 3. The zero-order valence-corrected chi connectivity index (χ0v) is 11.6. The molecule has 1 aromatic carbocycles. The van der Waals surface area contributed by atoms with Crippen LogP contribution in [0.1, 0.15) is 31.2 Å². The van der Waals surface area contributed by atoms with Crippen LogP contribution in [0.5, 0.6) is 5.75 Å². The summed E-state index contributed by atoms with van der Waals surface area (Å²) in [6.45, 7) is 0. The second kappa shape index (κ2) is 5.49. The van der Waals surface area contributed by atoms with Gasteiger partial charge >= 0.3 is 0 Å². The van der Waals surface area contributed by atoms with Gasteiger partial charge < -0.3 is 10.1 Å². The third-order valence-corrected chi connectivity index (χ3v) is 3.85. The molecule has 3 rings (SSSR count). The maximum absolute atomic E-state index is 12.0. The lowest BCUT2D eigenvalue weighted by Gasteiger charge is -2.06. The lowest BCUT2D eigenvalue weighted by atomic mass is 10.1. The summed E-state index contributed by atoms with van der Waals surface area (Å²) in [4.78, 5) is 16.5. The molecule has 1 aliphatic heterocycles. The van der Waals surface area contributed by atoms with Crippen LogP contribution in [0.15, 0.2) is 35.0 Å². The molecule has 0 radical (unpaired) electrons. The van der Waals surface area contributed by atoms with Gasteiger partial charge in [-0.1, -0.05) is 25.0 Å². The standard InChI is InChI=1S/C16H18N2O2/c1-20-13-8-4-5-11(9-13)10-14-16(19)18-15(17-14)12-6-2-3-7-12/h4-5,8-10,12H,2-3,6-7H2,1H3,(H,17,18,19)/b14-10+. The molecule has 0 aromatic heterocycles. The number of nitrogens with one attached hydrogen (secondary N) is 1. The second-order valence-electron chi connectivity index (χ2n) is 5.24. The molecular formula is C16H18N2O2. The molecule has 2 aliphatic rings. The first-order valence-corrected chi connectivity index (χ1v) is 7.02. The van der Waals surface area contributed by atoms with Crippen LogP contribution in [0, 0.1) is 5.92 Å². The van der Waals surface area contributed by atoms with Crippen molar-refractivity contribution < 1.29 is 9.53 Å². The second-order valence-corrected chi connectivity index (χ2v) is 5.24. The van der Waals surface area contributed by atoms with Crippen molar-refractivity contribution >= 4 is 17.8 Å². The van der Waals surface area contributed by atoms with Crippen LogP contribution in [0.3, 0.4) is 0 Å². The van der Waals surface area contributed by atoms with Gasteiger partial charge in [0.1, 0.15) is 17.3 Å². The maximum Gasteiger partial charge on any atom is 0.275 e. The number of benzene rings is 1. The molecule has 1 amide bonds. The molecule has 1 N–H and O–H groups in total. The zero-order valence-electron chi connectivity index (χ0n) is 11.6. The Kier molecular flexibility index (Phi) is 3.54. The van der Waals surface area contributed by atoms with Crippen LogP contribution >= 0.6 is 0 Å².